The highest BCUT2D eigenvalue weighted by Gasteiger charge is 2.24. The van der Waals surface area contributed by atoms with E-state index in [9.17, 15) is 4.79 Å². The number of fused-ring (bicyclic) bond motifs is 1. The van der Waals surface area contributed by atoms with Crippen LogP contribution >= 0.6 is 0 Å². The first kappa shape index (κ1) is 14.9. The fourth-order valence-corrected chi connectivity index (χ4v) is 2.64. The molecule has 1 aliphatic heterocycles. The maximum Gasteiger partial charge on any atom is 0.236 e. The minimum Gasteiger partial charge on any atom is -0.493 e. The van der Waals surface area contributed by atoms with Crippen LogP contribution in [0.2, 0.25) is 0 Å². The third kappa shape index (κ3) is 3.31. The van der Waals surface area contributed by atoms with Crippen molar-refractivity contribution in [3.8, 4) is 5.75 Å². The van der Waals surface area contributed by atoms with Crippen LogP contribution < -0.4 is 15.4 Å². The van der Waals surface area contributed by atoms with Crippen molar-refractivity contribution < 1.29 is 9.53 Å². The fraction of sp³-hybridized carbons (Fsp3) is 0.562. The maximum atomic E-state index is 11.9. The maximum absolute atomic E-state index is 11.9. The molecule has 4 heteroatoms. The van der Waals surface area contributed by atoms with Crippen LogP contribution in [0.3, 0.4) is 0 Å². The number of rotatable bonds is 4. The average molecular weight is 276 g/mol. The molecular weight excluding hydrogens is 252 g/mol. The Kier molecular flexibility index (Phi) is 5.01. The van der Waals surface area contributed by atoms with E-state index in [4.69, 9.17) is 4.74 Å². The topological polar surface area (TPSA) is 50.4 Å². The summed E-state index contributed by atoms with van der Waals surface area (Å²) in [7, 11) is 0. The average Bonchev–Trinajstić information content (AvgIpc) is 2.63. The van der Waals surface area contributed by atoms with Crippen molar-refractivity contribution in [2.75, 3.05) is 13.2 Å². The number of ether oxygens (including phenoxy) is 1. The lowest BCUT2D eigenvalue weighted by atomic mass is 9.99. The number of hydrogen-bond donors (Lipinski definition) is 2. The summed E-state index contributed by atoms with van der Waals surface area (Å²) in [6.07, 6.45) is 1.98. The Hall–Kier alpha value is -1.55. The molecule has 0 bridgehead atoms. The molecule has 2 N–H and O–H groups in total. The van der Waals surface area contributed by atoms with Crippen molar-refractivity contribution in [3.05, 3.63) is 29.3 Å². The molecule has 4 nitrogen and oxygen atoms in total. The standard InChI is InChI=1S/C16H24N2O2/c1-4-17-16(19)12(3)18-14-9-6-10-20-15-11(2)7-5-8-13(14)15/h5,7-8,12,14,18H,4,6,9-10H2,1-3H3,(H,17,19). The van der Waals surface area contributed by atoms with Gasteiger partial charge in [0.05, 0.1) is 12.6 Å². The number of hydrogen-bond acceptors (Lipinski definition) is 3. The van der Waals surface area contributed by atoms with Crippen LogP contribution in [0.1, 0.15) is 43.9 Å². The molecule has 2 rings (SSSR count). The van der Waals surface area contributed by atoms with Crippen molar-refractivity contribution in [1.82, 2.24) is 10.6 Å². The zero-order chi connectivity index (χ0) is 14.5. The van der Waals surface area contributed by atoms with Gasteiger partial charge in [0.15, 0.2) is 0 Å². The minimum atomic E-state index is -0.202. The molecule has 0 spiro atoms. The van der Waals surface area contributed by atoms with Gasteiger partial charge in [-0.05, 0) is 39.2 Å². The number of nitrogens with one attached hydrogen (secondary N) is 2. The van der Waals surface area contributed by atoms with Crippen molar-refractivity contribution in [3.63, 3.8) is 0 Å². The lowest BCUT2D eigenvalue weighted by molar-refractivity contribution is -0.122. The van der Waals surface area contributed by atoms with Gasteiger partial charge in [-0.1, -0.05) is 18.2 Å². The second-order valence-electron chi connectivity index (χ2n) is 5.32. The monoisotopic (exact) mass is 276 g/mol. The summed E-state index contributed by atoms with van der Waals surface area (Å²) in [5.74, 6) is 1.03. The number of benzene rings is 1. The predicted molar refractivity (Wildman–Crippen MR) is 79.9 cm³/mol. The van der Waals surface area contributed by atoms with E-state index in [1.807, 2.05) is 19.9 Å². The van der Waals surface area contributed by atoms with Gasteiger partial charge in [0.1, 0.15) is 5.75 Å². The quantitative estimate of drug-likeness (QED) is 0.887. The third-order valence-corrected chi connectivity index (χ3v) is 3.70. The summed E-state index contributed by atoms with van der Waals surface area (Å²) < 4.78 is 5.86. The van der Waals surface area contributed by atoms with Crippen molar-refractivity contribution >= 4 is 5.91 Å². The van der Waals surface area contributed by atoms with Gasteiger partial charge in [0, 0.05) is 18.2 Å². The van der Waals surface area contributed by atoms with Crippen molar-refractivity contribution in [2.24, 2.45) is 0 Å². The van der Waals surface area contributed by atoms with E-state index in [1.165, 1.54) is 5.56 Å². The molecule has 0 aromatic heterocycles. The van der Waals surface area contributed by atoms with Crippen LogP contribution in [-0.4, -0.2) is 25.1 Å². The van der Waals surface area contributed by atoms with E-state index in [0.717, 1.165) is 30.8 Å². The summed E-state index contributed by atoms with van der Waals surface area (Å²) in [6.45, 7) is 7.31. The van der Waals surface area contributed by atoms with Gasteiger partial charge in [-0.25, -0.2) is 0 Å². The van der Waals surface area contributed by atoms with Gasteiger partial charge in [-0.3, -0.25) is 10.1 Å². The van der Waals surface area contributed by atoms with Gasteiger partial charge in [0.2, 0.25) is 5.91 Å². The molecule has 1 aliphatic rings. The van der Waals surface area contributed by atoms with E-state index in [0.29, 0.717) is 6.54 Å². The molecule has 0 saturated heterocycles. The Morgan fingerprint density at radius 3 is 3.05 bits per heavy atom. The zero-order valence-corrected chi connectivity index (χ0v) is 12.5. The smallest absolute Gasteiger partial charge is 0.236 e. The minimum absolute atomic E-state index is 0.0480. The molecule has 0 saturated carbocycles. The van der Waals surface area contributed by atoms with Gasteiger partial charge >= 0.3 is 0 Å². The molecule has 0 aliphatic carbocycles. The molecule has 20 heavy (non-hydrogen) atoms. The van der Waals surface area contributed by atoms with Gasteiger partial charge in [0.25, 0.3) is 0 Å². The van der Waals surface area contributed by atoms with Crippen molar-refractivity contribution in [1.29, 1.82) is 0 Å². The van der Waals surface area contributed by atoms with Crippen LogP contribution in [0, 0.1) is 6.92 Å². The van der Waals surface area contributed by atoms with E-state index < -0.39 is 0 Å². The summed E-state index contributed by atoms with van der Waals surface area (Å²) in [5.41, 5.74) is 2.32. The molecule has 0 fully saturated rings. The van der Waals surface area contributed by atoms with Crippen LogP contribution in [0.25, 0.3) is 0 Å². The molecule has 1 aromatic rings. The van der Waals surface area contributed by atoms with Gasteiger partial charge in [-0.15, -0.1) is 0 Å². The Bertz CT molecular complexity index is 474. The molecule has 2 atom stereocenters. The second-order valence-corrected chi connectivity index (χ2v) is 5.32. The van der Waals surface area contributed by atoms with Crippen LogP contribution in [0.5, 0.6) is 5.75 Å². The molecule has 1 aromatic carbocycles. The fourth-order valence-electron chi connectivity index (χ4n) is 2.64. The summed E-state index contributed by atoms with van der Waals surface area (Å²) in [4.78, 5) is 11.9. The van der Waals surface area contributed by atoms with Crippen LogP contribution in [0.4, 0.5) is 0 Å². The number of carbonyl (C=O) groups excluding carboxylic acids is 1. The molecular formula is C16H24N2O2. The Balaban J connectivity index is 2.16. The summed E-state index contributed by atoms with van der Waals surface area (Å²) in [5, 5.41) is 6.29. The second kappa shape index (κ2) is 6.75. The van der Waals surface area contributed by atoms with Gasteiger partial charge < -0.3 is 10.1 Å². The number of likely N-dealkylation sites (N-methyl/N-ethyl adjacent to an activating group) is 1. The molecule has 0 radical (unpaired) electrons. The largest absolute Gasteiger partial charge is 0.493 e. The highest BCUT2D eigenvalue weighted by Crippen LogP contribution is 2.34. The molecule has 2 unspecified atom stereocenters. The van der Waals surface area contributed by atoms with E-state index in [1.54, 1.807) is 0 Å². The number of para-hydroxylation sites is 1. The summed E-state index contributed by atoms with van der Waals surface area (Å²) >= 11 is 0. The Morgan fingerprint density at radius 1 is 1.50 bits per heavy atom. The third-order valence-electron chi connectivity index (χ3n) is 3.70. The Labute approximate surface area is 120 Å². The van der Waals surface area contributed by atoms with Gasteiger partial charge in [-0.2, -0.15) is 0 Å². The lowest BCUT2D eigenvalue weighted by Crippen LogP contribution is -2.43. The van der Waals surface area contributed by atoms with E-state index >= 15 is 0 Å². The highest BCUT2D eigenvalue weighted by molar-refractivity contribution is 5.81. The molecule has 110 valence electrons. The first-order valence-corrected chi connectivity index (χ1v) is 7.39. The highest BCUT2D eigenvalue weighted by atomic mass is 16.5. The first-order valence-electron chi connectivity index (χ1n) is 7.39. The van der Waals surface area contributed by atoms with Crippen LogP contribution in [0.15, 0.2) is 18.2 Å². The number of amides is 1. The van der Waals surface area contributed by atoms with E-state index in [2.05, 4.69) is 29.7 Å². The normalized spacial score (nSPS) is 19.4. The van der Waals surface area contributed by atoms with Crippen LogP contribution in [-0.2, 0) is 4.79 Å². The molecule has 1 amide bonds. The first-order chi connectivity index (χ1) is 9.63. The lowest BCUT2D eigenvalue weighted by Gasteiger charge is -2.23. The van der Waals surface area contributed by atoms with Crippen molar-refractivity contribution in [2.45, 2.75) is 45.7 Å². The summed E-state index contributed by atoms with van der Waals surface area (Å²) in [6, 6.07) is 6.18. The Morgan fingerprint density at radius 2 is 2.30 bits per heavy atom. The number of aryl methyl sites for hydroxylation is 1. The zero-order valence-electron chi connectivity index (χ0n) is 12.5. The van der Waals surface area contributed by atoms with E-state index in [-0.39, 0.29) is 18.0 Å². The SMILES string of the molecule is CCNC(=O)C(C)NC1CCCOc2c(C)cccc21. The number of carbonyl (C=O) groups is 1. The predicted octanol–water partition coefficient (Wildman–Crippen LogP) is 2.32. The molecule has 1 heterocycles.